The molecule has 9 heteroatoms. The highest BCUT2D eigenvalue weighted by atomic mass is 35.5. The molecule has 2 aliphatic heterocycles. The summed E-state index contributed by atoms with van der Waals surface area (Å²) in [4.78, 5) is 30.1. The third-order valence-electron chi connectivity index (χ3n) is 6.15. The quantitative estimate of drug-likeness (QED) is 0.365. The molecule has 1 atom stereocenters. The van der Waals surface area contributed by atoms with Gasteiger partial charge in [0.25, 0.3) is 11.7 Å². The van der Waals surface area contributed by atoms with Crippen LogP contribution in [0.2, 0.25) is 5.02 Å². The van der Waals surface area contributed by atoms with E-state index >= 15 is 0 Å². The normalized spacial score (nSPS) is 20.6. The zero-order valence-electron chi connectivity index (χ0n) is 19.1. The second-order valence-corrected chi connectivity index (χ2v) is 8.50. The van der Waals surface area contributed by atoms with Crippen molar-refractivity contribution in [1.82, 2.24) is 9.80 Å². The number of rotatable bonds is 7. The summed E-state index contributed by atoms with van der Waals surface area (Å²) in [6.07, 6.45) is 0. The van der Waals surface area contributed by atoms with Crippen molar-refractivity contribution in [3.8, 4) is 11.5 Å². The molecule has 8 nitrogen and oxygen atoms in total. The van der Waals surface area contributed by atoms with Crippen molar-refractivity contribution in [1.29, 1.82) is 0 Å². The Morgan fingerprint density at radius 2 is 1.76 bits per heavy atom. The average molecular weight is 487 g/mol. The number of carbonyl (C=O) groups excluding carboxylic acids is 2. The zero-order chi connectivity index (χ0) is 24.2. The Morgan fingerprint density at radius 3 is 2.41 bits per heavy atom. The summed E-state index contributed by atoms with van der Waals surface area (Å²) in [6.45, 7) is 3.65. The number of benzene rings is 2. The lowest BCUT2D eigenvalue weighted by atomic mass is 9.94. The summed E-state index contributed by atoms with van der Waals surface area (Å²) >= 11 is 5.99. The third-order valence-corrected chi connectivity index (χ3v) is 6.41. The Labute approximate surface area is 203 Å². The molecule has 2 heterocycles. The van der Waals surface area contributed by atoms with Crippen molar-refractivity contribution >= 4 is 29.1 Å². The average Bonchev–Trinajstić information content (AvgIpc) is 3.12. The van der Waals surface area contributed by atoms with Gasteiger partial charge in [-0.1, -0.05) is 11.6 Å². The summed E-state index contributed by atoms with van der Waals surface area (Å²) in [5.41, 5.74) is 0.991. The van der Waals surface area contributed by atoms with Crippen LogP contribution in [0, 0.1) is 0 Å². The van der Waals surface area contributed by atoms with Crippen molar-refractivity contribution in [3.63, 3.8) is 0 Å². The number of ether oxygens (including phenoxy) is 3. The van der Waals surface area contributed by atoms with E-state index in [1.807, 2.05) is 0 Å². The SMILES string of the molecule is COc1ccc([C@@H]2/C(=C(\O)c3ccc(Cl)cc3)C(=O)C(=O)N2CCN2CCOCC2)c(OC)c1. The molecule has 0 aliphatic carbocycles. The minimum absolute atomic E-state index is 0.0118. The number of aliphatic hydroxyl groups excluding tert-OH is 1. The number of likely N-dealkylation sites (tertiary alicyclic amines) is 1. The van der Waals surface area contributed by atoms with E-state index < -0.39 is 17.7 Å². The van der Waals surface area contributed by atoms with E-state index in [9.17, 15) is 14.7 Å². The van der Waals surface area contributed by atoms with Crippen molar-refractivity contribution < 1.29 is 28.9 Å². The van der Waals surface area contributed by atoms with Crippen LogP contribution in [0.4, 0.5) is 0 Å². The lowest BCUT2D eigenvalue weighted by Crippen LogP contribution is -2.42. The number of ketones is 1. The summed E-state index contributed by atoms with van der Waals surface area (Å²) in [6, 6.07) is 10.8. The molecule has 2 fully saturated rings. The molecule has 0 unspecified atom stereocenters. The first-order valence-electron chi connectivity index (χ1n) is 11.0. The van der Waals surface area contributed by atoms with Gasteiger partial charge in [-0.2, -0.15) is 0 Å². The standard InChI is InChI=1S/C25H27ClN2O6/c1-32-18-7-8-19(20(15-18)33-2)22-21(23(29)16-3-5-17(26)6-4-16)24(30)25(31)28(22)10-9-27-11-13-34-14-12-27/h3-8,15,22,29H,9-14H2,1-2H3/b23-21+/t22-/m1/s1. The Hall–Kier alpha value is -3.07. The van der Waals surface area contributed by atoms with E-state index in [1.165, 1.54) is 12.0 Å². The first-order chi connectivity index (χ1) is 16.4. The molecule has 0 bridgehead atoms. The van der Waals surface area contributed by atoms with Crippen LogP contribution in [-0.2, 0) is 14.3 Å². The number of hydrogen-bond acceptors (Lipinski definition) is 7. The minimum Gasteiger partial charge on any atom is -0.507 e. The van der Waals surface area contributed by atoms with Gasteiger partial charge in [0.1, 0.15) is 17.3 Å². The number of aliphatic hydroxyl groups is 1. The molecule has 2 aromatic carbocycles. The number of hydrogen-bond donors (Lipinski definition) is 1. The Morgan fingerprint density at radius 1 is 1.06 bits per heavy atom. The van der Waals surface area contributed by atoms with Crippen molar-refractivity contribution in [2.75, 3.05) is 53.6 Å². The molecule has 2 aromatic rings. The minimum atomic E-state index is -0.822. The molecule has 0 saturated carbocycles. The highest BCUT2D eigenvalue weighted by molar-refractivity contribution is 6.46. The predicted octanol–water partition coefficient (Wildman–Crippen LogP) is 3.11. The van der Waals surface area contributed by atoms with E-state index in [2.05, 4.69) is 4.90 Å². The fourth-order valence-electron chi connectivity index (χ4n) is 4.32. The lowest BCUT2D eigenvalue weighted by Gasteiger charge is -2.31. The zero-order valence-corrected chi connectivity index (χ0v) is 19.9. The van der Waals surface area contributed by atoms with Gasteiger partial charge in [0.15, 0.2) is 0 Å². The number of carbonyl (C=O) groups is 2. The first-order valence-corrected chi connectivity index (χ1v) is 11.4. The van der Waals surface area contributed by atoms with E-state index in [-0.39, 0.29) is 11.3 Å². The van der Waals surface area contributed by atoms with E-state index in [1.54, 1.807) is 49.6 Å². The second-order valence-electron chi connectivity index (χ2n) is 8.06. The number of morpholine rings is 1. The number of Topliss-reactive ketones (excluding diaryl/α,β-unsaturated/α-hetero) is 1. The van der Waals surface area contributed by atoms with Crippen LogP contribution in [0.1, 0.15) is 17.2 Å². The van der Waals surface area contributed by atoms with Crippen LogP contribution < -0.4 is 9.47 Å². The predicted molar refractivity (Wildman–Crippen MR) is 127 cm³/mol. The molecule has 2 aliphatic rings. The molecular formula is C25H27ClN2O6. The molecule has 0 radical (unpaired) electrons. The first kappa shape index (κ1) is 24.1. The number of halogens is 1. The summed E-state index contributed by atoms with van der Waals surface area (Å²) in [5, 5.41) is 11.7. The van der Waals surface area contributed by atoms with Gasteiger partial charge in [-0.15, -0.1) is 0 Å². The van der Waals surface area contributed by atoms with Crippen LogP contribution in [0.5, 0.6) is 11.5 Å². The molecule has 2 saturated heterocycles. The molecular weight excluding hydrogens is 460 g/mol. The largest absolute Gasteiger partial charge is 0.507 e. The second kappa shape index (κ2) is 10.5. The van der Waals surface area contributed by atoms with Crippen molar-refractivity contribution in [2.45, 2.75) is 6.04 Å². The third kappa shape index (κ3) is 4.75. The highest BCUT2D eigenvalue weighted by Gasteiger charge is 2.47. The fourth-order valence-corrected chi connectivity index (χ4v) is 4.44. The fraction of sp³-hybridized carbons (Fsp3) is 0.360. The van der Waals surface area contributed by atoms with Crippen molar-refractivity contribution in [3.05, 3.63) is 64.2 Å². The lowest BCUT2D eigenvalue weighted by molar-refractivity contribution is -0.140. The van der Waals surface area contributed by atoms with Gasteiger partial charge in [-0.25, -0.2) is 0 Å². The number of methoxy groups -OCH3 is 2. The maximum Gasteiger partial charge on any atom is 0.295 e. The van der Waals surface area contributed by atoms with Crippen LogP contribution in [0.15, 0.2) is 48.0 Å². The van der Waals surface area contributed by atoms with E-state index in [0.29, 0.717) is 54.0 Å². The maximum absolute atomic E-state index is 13.2. The summed E-state index contributed by atoms with van der Waals surface area (Å²) < 4.78 is 16.3. The summed E-state index contributed by atoms with van der Waals surface area (Å²) in [7, 11) is 3.06. The van der Waals surface area contributed by atoms with Gasteiger partial charge < -0.3 is 24.2 Å². The number of nitrogens with zero attached hydrogens (tertiary/aromatic N) is 2. The molecule has 0 spiro atoms. The highest BCUT2D eigenvalue weighted by Crippen LogP contribution is 2.43. The topological polar surface area (TPSA) is 88.5 Å². The summed E-state index contributed by atoms with van der Waals surface area (Å²) in [5.74, 6) is -0.635. The molecule has 1 N–H and O–H groups in total. The van der Waals surface area contributed by atoms with E-state index in [4.69, 9.17) is 25.8 Å². The molecule has 4 rings (SSSR count). The Bertz CT molecular complexity index is 1100. The molecule has 1 amide bonds. The monoisotopic (exact) mass is 486 g/mol. The van der Waals surface area contributed by atoms with Gasteiger partial charge in [-0.3, -0.25) is 14.5 Å². The van der Waals surface area contributed by atoms with Gasteiger partial charge in [0.05, 0.1) is 39.0 Å². The molecule has 180 valence electrons. The van der Waals surface area contributed by atoms with Gasteiger partial charge >= 0.3 is 0 Å². The van der Waals surface area contributed by atoms with Crippen molar-refractivity contribution in [2.24, 2.45) is 0 Å². The molecule has 0 aromatic heterocycles. The Kier molecular flexibility index (Phi) is 7.41. The van der Waals surface area contributed by atoms with E-state index in [0.717, 1.165) is 13.1 Å². The maximum atomic E-state index is 13.2. The van der Waals surface area contributed by atoms with Crippen LogP contribution in [-0.4, -0.2) is 80.2 Å². The molecule has 34 heavy (non-hydrogen) atoms. The van der Waals surface area contributed by atoms with Gasteiger partial charge in [0.2, 0.25) is 0 Å². The van der Waals surface area contributed by atoms with Crippen LogP contribution >= 0.6 is 11.6 Å². The van der Waals surface area contributed by atoms with Crippen LogP contribution in [0.3, 0.4) is 0 Å². The Balaban J connectivity index is 1.79. The van der Waals surface area contributed by atoms with Gasteiger partial charge in [0, 0.05) is 48.4 Å². The van der Waals surface area contributed by atoms with Gasteiger partial charge in [-0.05, 0) is 36.4 Å². The smallest absolute Gasteiger partial charge is 0.295 e. The number of amides is 1. The van der Waals surface area contributed by atoms with Crippen LogP contribution in [0.25, 0.3) is 5.76 Å².